The van der Waals surface area contributed by atoms with Crippen molar-refractivity contribution < 1.29 is 9.72 Å². The van der Waals surface area contributed by atoms with Crippen molar-refractivity contribution in [3.8, 4) is 0 Å². The monoisotopic (exact) mass is 322 g/mol. The normalized spacial score (nSPS) is 10.5. The molecule has 8 heteroatoms. The Labute approximate surface area is 132 Å². The highest BCUT2D eigenvalue weighted by Crippen LogP contribution is 2.27. The zero-order chi connectivity index (χ0) is 16.4. The molecule has 0 radical (unpaired) electrons. The van der Waals surface area contributed by atoms with E-state index in [1.165, 1.54) is 18.2 Å². The molecule has 0 atom stereocenters. The number of benzene rings is 1. The van der Waals surface area contributed by atoms with E-state index in [4.69, 9.17) is 11.6 Å². The van der Waals surface area contributed by atoms with E-state index >= 15 is 0 Å². The molecule has 1 N–H and O–H groups in total. The van der Waals surface area contributed by atoms with E-state index in [1.807, 2.05) is 20.9 Å². The number of aryl methyl sites for hydroxylation is 2. The van der Waals surface area contributed by atoms with Crippen molar-refractivity contribution in [1.29, 1.82) is 0 Å². The van der Waals surface area contributed by atoms with Crippen LogP contribution in [0.2, 0.25) is 5.02 Å². The van der Waals surface area contributed by atoms with Gasteiger partial charge in [0.15, 0.2) is 0 Å². The number of amides is 1. The fraction of sp³-hybridized carbons (Fsp3) is 0.286. The maximum Gasteiger partial charge on any atom is 0.289 e. The molecule has 0 bridgehead atoms. The third-order valence-electron chi connectivity index (χ3n) is 3.42. The summed E-state index contributed by atoms with van der Waals surface area (Å²) in [4.78, 5) is 22.4. The molecule has 1 aromatic carbocycles. The Morgan fingerprint density at radius 3 is 2.68 bits per heavy atom. The van der Waals surface area contributed by atoms with E-state index < -0.39 is 4.92 Å². The number of carbonyl (C=O) groups is 1. The summed E-state index contributed by atoms with van der Waals surface area (Å²) in [5.41, 5.74) is 2.64. The first-order chi connectivity index (χ1) is 10.3. The largest absolute Gasteiger partial charge is 0.326 e. The van der Waals surface area contributed by atoms with Crippen molar-refractivity contribution in [1.82, 2.24) is 9.78 Å². The average Bonchev–Trinajstić information content (AvgIpc) is 2.67. The molecule has 0 fully saturated rings. The lowest BCUT2D eigenvalue weighted by Crippen LogP contribution is -2.15. The lowest BCUT2D eigenvalue weighted by Gasteiger charge is -2.06. The van der Waals surface area contributed by atoms with E-state index in [9.17, 15) is 14.9 Å². The van der Waals surface area contributed by atoms with E-state index in [2.05, 4.69) is 10.4 Å². The molecule has 0 aliphatic rings. The minimum atomic E-state index is -0.590. The maximum absolute atomic E-state index is 12.1. The van der Waals surface area contributed by atoms with Crippen LogP contribution in [0, 0.1) is 24.0 Å². The smallest absolute Gasteiger partial charge is 0.289 e. The molecule has 0 aliphatic carbocycles. The number of anilines is 1. The molecule has 1 amide bonds. The zero-order valence-corrected chi connectivity index (χ0v) is 13.1. The van der Waals surface area contributed by atoms with Gasteiger partial charge >= 0.3 is 0 Å². The highest BCUT2D eigenvalue weighted by Gasteiger charge is 2.16. The number of nitro groups is 1. The Hall–Kier alpha value is -2.41. The Bertz CT molecular complexity index is 755. The quantitative estimate of drug-likeness (QED) is 0.692. The fourth-order valence-electron chi connectivity index (χ4n) is 2.17. The SMILES string of the molecule is Cc1nn(C)c(C)c1CC(=O)Nc1ccc(Cl)c([N+](=O)[O-])c1. The van der Waals surface area contributed by atoms with Gasteiger partial charge in [-0.25, -0.2) is 0 Å². The summed E-state index contributed by atoms with van der Waals surface area (Å²) in [6.07, 6.45) is 0.155. The minimum absolute atomic E-state index is 0.0296. The van der Waals surface area contributed by atoms with Crippen molar-refractivity contribution in [3.63, 3.8) is 0 Å². The van der Waals surface area contributed by atoms with Crippen molar-refractivity contribution in [2.24, 2.45) is 7.05 Å². The van der Waals surface area contributed by atoms with Crippen molar-refractivity contribution in [3.05, 3.63) is 50.3 Å². The number of hydrogen-bond donors (Lipinski definition) is 1. The van der Waals surface area contributed by atoms with Crippen LogP contribution in [-0.2, 0) is 18.3 Å². The van der Waals surface area contributed by atoms with Gasteiger partial charge in [0.1, 0.15) is 5.02 Å². The van der Waals surface area contributed by atoms with Crippen LogP contribution in [0.25, 0.3) is 0 Å². The summed E-state index contributed by atoms with van der Waals surface area (Å²) < 4.78 is 1.71. The van der Waals surface area contributed by atoms with Crippen LogP contribution in [0.4, 0.5) is 11.4 Å². The van der Waals surface area contributed by atoms with Crippen LogP contribution in [0.15, 0.2) is 18.2 Å². The molecule has 0 spiro atoms. The van der Waals surface area contributed by atoms with E-state index in [1.54, 1.807) is 4.68 Å². The Kier molecular flexibility index (Phi) is 4.46. The highest BCUT2D eigenvalue weighted by atomic mass is 35.5. The van der Waals surface area contributed by atoms with Gasteiger partial charge in [0.25, 0.3) is 5.69 Å². The van der Waals surface area contributed by atoms with Gasteiger partial charge < -0.3 is 5.32 Å². The van der Waals surface area contributed by atoms with Gasteiger partial charge in [-0.15, -0.1) is 0 Å². The molecule has 2 aromatic rings. The number of rotatable bonds is 4. The summed E-state index contributed by atoms with van der Waals surface area (Å²) in [7, 11) is 1.81. The first kappa shape index (κ1) is 16.0. The molecule has 2 rings (SSSR count). The molecule has 7 nitrogen and oxygen atoms in total. The predicted octanol–water partition coefficient (Wildman–Crippen LogP) is 2.78. The average molecular weight is 323 g/mol. The van der Waals surface area contributed by atoms with Crippen LogP contribution >= 0.6 is 11.6 Å². The van der Waals surface area contributed by atoms with Crippen molar-refractivity contribution in [2.45, 2.75) is 20.3 Å². The molecule has 0 unspecified atom stereocenters. The molecule has 0 saturated heterocycles. The number of carbonyl (C=O) groups excluding carboxylic acids is 1. The molecular weight excluding hydrogens is 308 g/mol. The van der Waals surface area contributed by atoms with Gasteiger partial charge in [0.05, 0.1) is 17.0 Å². The molecule has 1 aromatic heterocycles. The van der Waals surface area contributed by atoms with Crippen molar-refractivity contribution >= 4 is 28.9 Å². The van der Waals surface area contributed by atoms with Gasteiger partial charge in [-0.3, -0.25) is 19.6 Å². The minimum Gasteiger partial charge on any atom is -0.326 e. The Morgan fingerprint density at radius 1 is 1.45 bits per heavy atom. The lowest BCUT2D eigenvalue weighted by atomic mass is 10.1. The molecule has 1 heterocycles. The Balaban J connectivity index is 2.16. The summed E-state index contributed by atoms with van der Waals surface area (Å²) in [5, 5.41) is 17.8. The third-order valence-corrected chi connectivity index (χ3v) is 3.74. The van der Waals surface area contributed by atoms with E-state index in [0.717, 1.165) is 17.0 Å². The van der Waals surface area contributed by atoms with Gasteiger partial charge in [-0.2, -0.15) is 5.10 Å². The highest BCUT2D eigenvalue weighted by molar-refractivity contribution is 6.32. The van der Waals surface area contributed by atoms with Crippen LogP contribution in [-0.4, -0.2) is 20.6 Å². The summed E-state index contributed by atoms with van der Waals surface area (Å²) in [6.45, 7) is 3.72. The standard InChI is InChI=1S/C14H15ClN4O3/c1-8-11(9(2)18(3)17-8)7-14(20)16-10-4-5-12(15)13(6-10)19(21)22/h4-6H,7H2,1-3H3,(H,16,20). The fourth-order valence-corrected chi connectivity index (χ4v) is 2.36. The van der Waals surface area contributed by atoms with Crippen LogP contribution in [0.5, 0.6) is 0 Å². The van der Waals surface area contributed by atoms with Crippen LogP contribution in [0.3, 0.4) is 0 Å². The van der Waals surface area contributed by atoms with Crippen molar-refractivity contribution in [2.75, 3.05) is 5.32 Å². The first-order valence-corrected chi connectivity index (χ1v) is 6.90. The van der Waals surface area contributed by atoms with Gasteiger partial charge in [-0.05, 0) is 26.0 Å². The summed E-state index contributed by atoms with van der Waals surface area (Å²) in [5.74, 6) is -0.268. The molecule has 0 aliphatic heterocycles. The van der Waals surface area contributed by atoms with Gasteiger partial charge in [-0.1, -0.05) is 11.6 Å². The molecule has 22 heavy (non-hydrogen) atoms. The second-order valence-corrected chi connectivity index (χ2v) is 5.33. The maximum atomic E-state index is 12.1. The second kappa shape index (κ2) is 6.15. The van der Waals surface area contributed by atoms with Gasteiger partial charge in [0.2, 0.25) is 5.91 Å². The number of aromatic nitrogens is 2. The van der Waals surface area contributed by atoms with E-state index in [0.29, 0.717) is 5.69 Å². The topological polar surface area (TPSA) is 90.1 Å². The summed E-state index contributed by atoms with van der Waals surface area (Å²) in [6, 6.07) is 4.15. The number of nitrogens with zero attached hydrogens (tertiary/aromatic N) is 3. The number of halogens is 1. The zero-order valence-electron chi connectivity index (χ0n) is 12.4. The summed E-state index contributed by atoms with van der Waals surface area (Å²) >= 11 is 5.74. The second-order valence-electron chi connectivity index (χ2n) is 4.92. The van der Waals surface area contributed by atoms with Gasteiger partial charge in [0, 0.05) is 30.1 Å². The molecule has 116 valence electrons. The first-order valence-electron chi connectivity index (χ1n) is 6.52. The number of nitrogens with one attached hydrogen (secondary N) is 1. The van der Waals surface area contributed by atoms with E-state index in [-0.39, 0.29) is 23.0 Å². The van der Waals surface area contributed by atoms with Crippen LogP contribution < -0.4 is 5.32 Å². The number of hydrogen-bond acceptors (Lipinski definition) is 4. The van der Waals surface area contributed by atoms with Crippen LogP contribution in [0.1, 0.15) is 17.0 Å². The number of nitro benzene ring substituents is 1. The molecular formula is C14H15ClN4O3. The lowest BCUT2D eigenvalue weighted by molar-refractivity contribution is -0.384. The predicted molar refractivity (Wildman–Crippen MR) is 83.1 cm³/mol. The third kappa shape index (κ3) is 3.25. The Morgan fingerprint density at radius 2 is 2.14 bits per heavy atom. The molecule has 0 saturated carbocycles.